The fourth-order valence-corrected chi connectivity index (χ4v) is 4.68. The molecule has 0 unspecified atom stereocenters. The van der Waals surface area contributed by atoms with Gasteiger partial charge in [0.25, 0.3) is 0 Å². The summed E-state index contributed by atoms with van der Waals surface area (Å²) in [5.41, 5.74) is 0.0603. The Morgan fingerprint density at radius 3 is 2.70 bits per heavy atom. The van der Waals surface area contributed by atoms with Gasteiger partial charge in [-0.1, -0.05) is 12.1 Å². The predicted octanol–water partition coefficient (Wildman–Crippen LogP) is 2.31. The lowest BCUT2D eigenvalue weighted by Crippen LogP contribution is -2.57. The van der Waals surface area contributed by atoms with Crippen LogP contribution in [0.1, 0.15) is 18.2 Å². The van der Waals surface area contributed by atoms with Crippen LogP contribution in [-0.4, -0.2) is 78.5 Å². The molecule has 33 heavy (non-hydrogen) atoms. The summed E-state index contributed by atoms with van der Waals surface area (Å²) in [4.78, 5) is 31.6. The van der Waals surface area contributed by atoms with Gasteiger partial charge < -0.3 is 14.1 Å². The van der Waals surface area contributed by atoms with Crippen molar-refractivity contribution in [3.63, 3.8) is 0 Å². The number of piperazine rings is 1. The number of esters is 1. The van der Waals surface area contributed by atoms with E-state index in [2.05, 4.69) is 9.80 Å². The number of amides is 1. The molecule has 2 atom stereocenters. The highest BCUT2D eigenvalue weighted by Gasteiger charge is 2.38. The highest BCUT2D eigenvalue weighted by Crippen LogP contribution is 2.22. The Morgan fingerprint density at radius 2 is 1.94 bits per heavy atom. The number of fused-ring (bicyclic) bond motifs is 1. The van der Waals surface area contributed by atoms with E-state index >= 15 is 0 Å². The molecule has 4 rings (SSSR count). The molecule has 7 nitrogen and oxygen atoms in total. The van der Waals surface area contributed by atoms with E-state index in [-0.39, 0.29) is 35.8 Å². The largest absolute Gasteiger partial charge is 0.468 e. The molecule has 1 aromatic carbocycles. The third-order valence-electron chi connectivity index (χ3n) is 6.31. The molecule has 0 radical (unpaired) electrons. The number of nitrogens with zero attached hydrogens (tertiary/aromatic N) is 3. The molecule has 2 aliphatic rings. The second-order valence-electron chi connectivity index (χ2n) is 8.60. The van der Waals surface area contributed by atoms with Gasteiger partial charge in [-0.3, -0.25) is 19.4 Å². The van der Waals surface area contributed by atoms with Crippen LogP contribution >= 0.6 is 0 Å². The third kappa shape index (κ3) is 5.59. The van der Waals surface area contributed by atoms with Crippen molar-refractivity contribution in [2.75, 3.05) is 45.9 Å². The number of carbonyl (C=O) groups is 2. The predicted molar refractivity (Wildman–Crippen MR) is 116 cm³/mol. The van der Waals surface area contributed by atoms with Crippen molar-refractivity contribution in [1.82, 2.24) is 14.7 Å². The molecule has 9 heteroatoms. The van der Waals surface area contributed by atoms with Gasteiger partial charge in [-0.15, -0.1) is 0 Å². The Hall–Kier alpha value is -2.78. The van der Waals surface area contributed by atoms with Gasteiger partial charge in [0.2, 0.25) is 5.91 Å². The maximum Gasteiger partial charge on any atom is 0.311 e. The second kappa shape index (κ2) is 10.4. The second-order valence-corrected chi connectivity index (χ2v) is 8.60. The zero-order valence-electron chi connectivity index (χ0n) is 18.7. The van der Waals surface area contributed by atoms with Crippen molar-refractivity contribution in [1.29, 1.82) is 0 Å². The fraction of sp³-hybridized carbons (Fsp3) is 0.500. The zero-order valence-corrected chi connectivity index (χ0v) is 18.7. The van der Waals surface area contributed by atoms with Gasteiger partial charge in [0.05, 0.1) is 31.8 Å². The van der Waals surface area contributed by atoms with E-state index in [0.29, 0.717) is 52.4 Å². The minimum atomic E-state index is -0.971. The molecule has 0 spiro atoms. The Bertz CT molecular complexity index is 969. The van der Waals surface area contributed by atoms with Crippen LogP contribution in [0.4, 0.5) is 8.78 Å². The molecule has 0 saturated carbocycles. The van der Waals surface area contributed by atoms with E-state index in [4.69, 9.17) is 9.15 Å². The molecule has 2 aromatic rings. The maximum atomic E-state index is 14.1. The summed E-state index contributed by atoms with van der Waals surface area (Å²) in [5.74, 6) is -1.87. The van der Waals surface area contributed by atoms with E-state index in [0.717, 1.165) is 11.8 Å². The van der Waals surface area contributed by atoms with Crippen LogP contribution in [0.2, 0.25) is 0 Å². The summed E-state index contributed by atoms with van der Waals surface area (Å²) in [6.45, 7) is 5.95. The molecule has 2 saturated heterocycles. The van der Waals surface area contributed by atoms with Gasteiger partial charge in [-0.25, -0.2) is 8.78 Å². The molecule has 0 N–H and O–H groups in total. The number of hydrogen-bond donors (Lipinski definition) is 0. The van der Waals surface area contributed by atoms with Gasteiger partial charge in [-0.2, -0.15) is 0 Å². The minimum Gasteiger partial charge on any atom is -0.468 e. The lowest BCUT2D eigenvalue weighted by atomic mass is 10.1. The molecular formula is C24H29F2N3O4. The Morgan fingerprint density at radius 1 is 1.09 bits per heavy atom. The average molecular weight is 462 g/mol. The van der Waals surface area contributed by atoms with Crippen LogP contribution in [0.3, 0.4) is 0 Å². The van der Waals surface area contributed by atoms with E-state index in [9.17, 15) is 18.4 Å². The Labute approximate surface area is 191 Å². The van der Waals surface area contributed by atoms with Crippen LogP contribution < -0.4 is 0 Å². The number of hydrogen-bond acceptors (Lipinski definition) is 6. The Balaban J connectivity index is 1.46. The summed E-state index contributed by atoms with van der Waals surface area (Å²) in [5, 5.41) is 0. The SMILES string of the molecule is CCOC(=O)[C@H]1CN(Cc2ccco2)C[C@@H]2CN(C(=O)Cc3cccc(F)c3F)CCN2C1. The molecule has 2 fully saturated rings. The smallest absolute Gasteiger partial charge is 0.311 e. The van der Waals surface area contributed by atoms with Crippen LogP contribution in [0.5, 0.6) is 0 Å². The van der Waals surface area contributed by atoms with Gasteiger partial charge in [0.1, 0.15) is 5.76 Å². The number of benzene rings is 1. The van der Waals surface area contributed by atoms with E-state index in [1.807, 2.05) is 12.1 Å². The monoisotopic (exact) mass is 461 g/mol. The van der Waals surface area contributed by atoms with Crippen molar-refractivity contribution in [3.8, 4) is 0 Å². The van der Waals surface area contributed by atoms with E-state index in [1.54, 1.807) is 18.1 Å². The topological polar surface area (TPSA) is 66.2 Å². The van der Waals surface area contributed by atoms with Gasteiger partial charge in [-0.05, 0) is 25.1 Å². The van der Waals surface area contributed by atoms with Crippen LogP contribution in [0.15, 0.2) is 41.0 Å². The fourth-order valence-electron chi connectivity index (χ4n) is 4.68. The Kier molecular flexibility index (Phi) is 7.39. The van der Waals surface area contributed by atoms with Crippen molar-refractivity contribution in [3.05, 3.63) is 59.6 Å². The summed E-state index contributed by atoms with van der Waals surface area (Å²) in [6.07, 6.45) is 1.44. The molecule has 3 heterocycles. The highest BCUT2D eigenvalue weighted by molar-refractivity contribution is 5.79. The molecule has 2 aliphatic heterocycles. The first-order valence-electron chi connectivity index (χ1n) is 11.3. The lowest BCUT2D eigenvalue weighted by Gasteiger charge is -2.41. The summed E-state index contributed by atoms with van der Waals surface area (Å²) < 4.78 is 38.4. The van der Waals surface area contributed by atoms with Crippen LogP contribution in [0.25, 0.3) is 0 Å². The van der Waals surface area contributed by atoms with Crippen molar-refractivity contribution in [2.45, 2.75) is 25.9 Å². The molecule has 1 aromatic heterocycles. The van der Waals surface area contributed by atoms with Crippen LogP contribution in [-0.2, 0) is 27.3 Å². The lowest BCUT2D eigenvalue weighted by molar-refractivity contribution is -0.149. The summed E-state index contributed by atoms with van der Waals surface area (Å²) in [7, 11) is 0. The normalized spacial score (nSPS) is 22.0. The van der Waals surface area contributed by atoms with Gasteiger partial charge >= 0.3 is 5.97 Å². The number of ether oxygens (including phenoxy) is 1. The summed E-state index contributed by atoms with van der Waals surface area (Å²) in [6, 6.07) is 7.62. The average Bonchev–Trinajstić information content (AvgIpc) is 3.23. The van der Waals surface area contributed by atoms with Crippen molar-refractivity contribution < 1.29 is 27.5 Å². The standard InChI is InChI=1S/C24H29F2N3O4/c1-2-32-24(31)18-12-27(16-20-6-4-10-33-20)14-19-15-29(9-8-28(19)13-18)22(30)11-17-5-3-7-21(25)23(17)26/h3-7,10,18-19H,2,8-9,11-16H2,1H3/t18-,19+/m0/s1. The first-order valence-corrected chi connectivity index (χ1v) is 11.3. The molecule has 1 amide bonds. The number of rotatable bonds is 6. The maximum absolute atomic E-state index is 14.1. The van der Waals surface area contributed by atoms with E-state index in [1.165, 1.54) is 12.1 Å². The molecule has 0 aliphatic carbocycles. The van der Waals surface area contributed by atoms with Gasteiger partial charge in [0.15, 0.2) is 11.6 Å². The zero-order chi connectivity index (χ0) is 23.4. The quantitative estimate of drug-likeness (QED) is 0.616. The third-order valence-corrected chi connectivity index (χ3v) is 6.31. The molecule has 0 bridgehead atoms. The summed E-state index contributed by atoms with van der Waals surface area (Å²) >= 11 is 0. The highest BCUT2D eigenvalue weighted by atomic mass is 19.2. The minimum absolute atomic E-state index is 0.00875. The number of furan rings is 1. The van der Waals surface area contributed by atoms with Gasteiger partial charge in [0, 0.05) is 50.9 Å². The number of halogens is 2. The first-order chi connectivity index (χ1) is 15.9. The van der Waals surface area contributed by atoms with Crippen molar-refractivity contribution >= 4 is 11.9 Å². The van der Waals surface area contributed by atoms with Crippen LogP contribution in [0, 0.1) is 17.6 Å². The van der Waals surface area contributed by atoms with E-state index < -0.39 is 11.6 Å². The molecule has 178 valence electrons. The molecular weight excluding hydrogens is 432 g/mol. The first kappa shape index (κ1) is 23.4. The van der Waals surface area contributed by atoms with Crippen molar-refractivity contribution in [2.24, 2.45) is 5.92 Å². The number of carbonyl (C=O) groups excluding carboxylic acids is 2.